The summed E-state index contributed by atoms with van der Waals surface area (Å²) in [5.41, 5.74) is 0.0316. The molecular weight excluding hydrogens is 383 g/mol. The Labute approximate surface area is 117 Å². The Bertz CT molecular complexity index is 621. The fourth-order valence-electron chi connectivity index (χ4n) is 1.92. The fourth-order valence-corrected chi connectivity index (χ4v) is 9.58. The molecule has 20 heavy (non-hydrogen) atoms. The molecule has 0 spiro atoms. The van der Waals surface area contributed by atoms with Gasteiger partial charge in [-0.05, 0) is 0 Å². The van der Waals surface area contributed by atoms with Gasteiger partial charge in [-0.15, -0.1) is 0 Å². The molecule has 1 aliphatic rings. The van der Waals surface area contributed by atoms with E-state index in [0.29, 0.717) is 0 Å². The maximum atomic E-state index is 11.9. The third kappa shape index (κ3) is 2.19. The van der Waals surface area contributed by atoms with Crippen molar-refractivity contribution < 1.29 is 28.7 Å². The average molecular weight is 396 g/mol. The monoisotopic (exact) mass is 396 g/mol. The molecule has 110 valence electrons. The van der Waals surface area contributed by atoms with E-state index < -0.39 is 36.2 Å². The third-order valence-corrected chi connectivity index (χ3v) is 10.7. The van der Waals surface area contributed by atoms with E-state index in [9.17, 15) is 19.5 Å². The van der Waals surface area contributed by atoms with Gasteiger partial charge in [-0.2, -0.15) is 0 Å². The number of rotatable bonds is 2. The number of fused-ring (bicyclic) bond motifs is 1. The number of aromatic hydroxyl groups is 1. The van der Waals surface area contributed by atoms with Crippen LogP contribution >= 0.6 is 18.3 Å². The van der Waals surface area contributed by atoms with Gasteiger partial charge in [0.2, 0.25) is 0 Å². The molecule has 7 nitrogen and oxygen atoms in total. The number of hydrogen-bond donors (Lipinski definition) is 1. The summed E-state index contributed by atoms with van der Waals surface area (Å²) < 4.78 is 15.9. The van der Waals surface area contributed by atoms with E-state index in [-0.39, 0.29) is 14.9 Å². The first kappa shape index (κ1) is 14.6. The zero-order valence-electron chi connectivity index (χ0n) is 11.0. The fraction of sp³-hybridized carbons (Fsp3) is 0.250. The second-order valence-electron chi connectivity index (χ2n) is 4.24. The van der Waals surface area contributed by atoms with Crippen molar-refractivity contribution in [1.29, 1.82) is 0 Å². The van der Waals surface area contributed by atoms with E-state index in [1.165, 1.54) is 23.1 Å². The Morgan fingerprint density at radius 1 is 1.20 bits per heavy atom. The van der Waals surface area contributed by atoms with Gasteiger partial charge < -0.3 is 0 Å². The molecule has 0 aromatic heterocycles. The van der Waals surface area contributed by atoms with Crippen molar-refractivity contribution in [2.45, 2.75) is 13.8 Å². The molecule has 1 aliphatic heterocycles. The molecule has 2 rings (SSSR count). The molecule has 1 N–H and O–H groups in total. The summed E-state index contributed by atoms with van der Waals surface area (Å²) in [5.74, 6) is -2.39. The van der Waals surface area contributed by atoms with E-state index in [1.807, 2.05) is 0 Å². The van der Waals surface area contributed by atoms with Crippen molar-refractivity contribution >= 4 is 36.2 Å². The number of hydrogen-bond acceptors (Lipinski definition) is 7. The molecule has 0 radical (unpaired) electrons. The molecular formula is C12H13IO7. The molecule has 1 heterocycles. The average Bonchev–Trinajstić information content (AvgIpc) is 2.45. The number of halogens is 1. The zero-order valence-corrected chi connectivity index (χ0v) is 13.2. The molecule has 0 saturated carbocycles. The van der Waals surface area contributed by atoms with Gasteiger partial charge in [-0.1, -0.05) is 0 Å². The number of carbonyl (C=O) groups excluding carboxylic acids is 3. The molecule has 1 aromatic carbocycles. The summed E-state index contributed by atoms with van der Waals surface area (Å²) >= 11 is -5.15. The molecule has 0 atom stereocenters. The second-order valence-corrected chi connectivity index (χ2v) is 12.8. The first-order valence-corrected chi connectivity index (χ1v) is 11.3. The van der Waals surface area contributed by atoms with Crippen molar-refractivity contribution in [2.24, 2.45) is 0 Å². The minimum atomic E-state index is -5.15. The summed E-state index contributed by atoms with van der Waals surface area (Å²) in [5, 5.41) is 9.43. The Kier molecular flexibility index (Phi) is 3.16. The van der Waals surface area contributed by atoms with Crippen LogP contribution in [0.5, 0.6) is 5.75 Å². The van der Waals surface area contributed by atoms with Gasteiger partial charge in [0, 0.05) is 0 Å². The summed E-state index contributed by atoms with van der Waals surface area (Å²) in [6, 6.07) is 3.86. The Hall–Kier alpha value is -1.84. The van der Waals surface area contributed by atoms with Crippen molar-refractivity contribution in [3.63, 3.8) is 0 Å². The normalized spacial score (nSPS) is 19.9. The molecule has 0 saturated heterocycles. The van der Waals surface area contributed by atoms with E-state index in [4.69, 9.17) is 9.20 Å². The van der Waals surface area contributed by atoms with Crippen LogP contribution in [0.25, 0.3) is 0 Å². The van der Waals surface area contributed by atoms with Crippen LogP contribution < -0.4 is 0 Å². The number of phenols is 1. The maximum absolute atomic E-state index is 11.9. The van der Waals surface area contributed by atoms with Crippen molar-refractivity contribution in [1.82, 2.24) is 0 Å². The number of carbonyl (C=O) groups is 3. The van der Waals surface area contributed by atoms with E-state index >= 15 is 0 Å². The Morgan fingerprint density at radius 3 is 2.25 bits per heavy atom. The van der Waals surface area contributed by atoms with Crippen LogP contribution in [0.1, 0.15) is 24.2 Å². The van der Waals surface area contributed by atoms with E-state index in [2.05, 4.69) is 0 Å². The van der Waals surface area contributed by atoms with Gasteiger partial charge in [0.05, 0.1) is 0 Å². The molecule has 0 aliphatic carbocycles. The third-order valence-electron chi connectivity index (χ3n) is 2.45. The van der Waals surface area contributed by atoms with Gasteiger partial charge in [0.15, 0.2) is 0 Å². The zero-order chi connectivity index (χ0) is 15.2. The summed E-state index contributed by atoms with van der Waals surface area (Å²) in [7, 11) is 0. The Morgan fingerprint density at radius 2 is 1.75 bits per heavy atom. The van der Waals surface area contributed by atoms with Crippen molar-refractivity contribution in [3.05, 3.63) is 27.3 Å². The molecule has 8 heteroatoms. The van der Waals surface area contributed by atoms with Gasteiger partial charge in [0.25, 0.3) is 0 Å². The number of alkyl halides is 1. The SMILES string of the molecule is CC(=O)OI1(C)(OC(C)=O)OC(=O)c2cc(O)ccc21. The van der Waals surface area contributed by atoms with Crippen LogP contribution in [0.15, 0.2) is 18.2 Å². The van der Waals surface area contributed by atoms with Crippen LogP contribution in [0.2, 0.25) is 0 Å². The summed E-state index contributed by atoms with van der Waals surface area (Å²) in [4.78, 5) is 36.0. The molecule has 0 bridgehead atoms. The van der Waals surface area contributed by atoms with Gasteiger partial charge in [-0.3, -0.25) is 0 Å². The summed E-state index contributed by atoms with van der Waals surface area (Å²) in [6.45, 7) is 2.26. The molecule has 1 aromatic rings. The second kappa shape index (κ2) is 4.33. The number of benzene rings is 1. The van der Waals surface area contributed by atoms with Crippen LogP contribution in [0.4, 0.5) is 0 Å². The first-order chi connectivity index (χ1) is 9.14. The van der Waals surface area contributed by atoms with Crippen molar-refractivity contribution in [3.8, 4) is 5.75 Å². The van der Waals surface area contributed by atoms with Gasteiger partial charge >= 0.3 is 117 Å². The predicted molar refractivity (Wildman–Crippen MR) is 75.7 cm³/mol. The van der Waals surface area contributed by atoms with E-state index in [0.717, 1.165) is 13.8 Å². The van der Waals surface area contributed by atoms with Crippen molar-refractivity contribution in [2.75, 3.05) is 4.93 Å². The van der Waals surface area contributed by atoms with Crippen LogP contribution in [-0.4, -0.2) is 27.9 Å². The minimum absolute atomic E-state index is 0.0316. The Balaban J connectivity index is 2.70. The first-order valence-electron chi connectivity index (χ1n) is 5.47. The number of phenolic OH excluding ortho intramolecular Hbond substituents is 1. The topological polar surface area (TPSA) is 99.1 Å². The predicted octanol–water partition coefficient (Wildman–Crippen LogP) is 1.81. The molecule has 0 unspecified atom stereocenters. The van der Waals surface area contributed by atoms with Gasteiger partial charge in [-0.25, -0.2) is 0 Å². The molecule has 0 amide bonds. The van der Waals surface area contributed by atoms with Gasteiger partial charge in [0.1, 0.15) is 0 Å². The van der Waals surface area contributed by atoms with Crippen LogP contribution in [0, 0.1) is 3.57 Å². The quantitative estimate of drug-likeness (QED) is 0.601. The van der Waals surface area contributed by atoms with Crippen LogP contribution in [0.3, 0.4) is 0 Å². The summed E-state index contributed by atoms with van der Waals surface area (Å²) in [6.07, 6.45) is 0. The van der Waals surface area contributed by atoms with E-state index in [1.54, 1.807) is 0 Å². The van der Waals surface area contributed by atoms with Crippen LogP contribution in [-0.2, 0) is 18.8 Å². The standard InChI is InChI=1S/C12H13IO7/c1-7(14)18-13(3,19-8(2)15)11-5-4-9(16)6-10(11)12(17)20-13/h4-6,16H,1-3H3. The molecule has 0 fully saturated rings.